The summed E-state index contributed by atoms with van der Waals surface area (Å²) in [4.78, 5) is 4.98. The number of anilines is 1. The molecule has 0 aliphatic rings. The Kier molecular flexibility index (Phi) is 3.87. The van der Waals surface area contributed by atoms with E-state index in [2.05, 4.69) is 10.3 Å². The third-order valence-electron chi connectivity index (χ3n) is 3.29. The molecule has 0 bridgehead atoms. The third-order valence-corrected chi connectivity index (χ3v) is 3.29. The minimum atomic E-state index is 0.519. The lowest BCUT2D eigenvalue weighted by atomic mass is 10.1. The highest BCUT2D eigenvalue weighted by atomic mass is 16.6. The number of hydrogen-bond donors (Lipinski definition) is 1. The molecule has 1 aromatic heterocycles. The highest BCUT2D eigenvalue weighted by molar-refractivity contribution is 6.15. The zero-order valence-corrected chi connectivity index (χ0v) is 12.2. The summed E-state index contributed by atoms with van der Waals surface area (Å²) in [7, 11) is 1.51. The first-order chi connectivity index (χ1) is 10.8. The van der Waals surface area contributed by atoms with Gasteiger partial charge in [0.1, 0.15) is 18.6 Å². The van der Waals surface area contributed by atoms with Crippen molar-refractivity contribution in [2.24, 2.45) is 5.16 Å². The van der Waals surface area contributed by atoms with Crippen molar-refractivity contribution in [1.82, 2.24) is 9.78 Å². The maximum Gasteiger partial charge on any atom is 0.136 e. The topological polar surface area (TPSA) is 65.4 Å². The first-order valence-corrected chi connectivity index (χ1v) is 6.87. The molecule has 22 heavy (non-hydrogen) atoms. The third kappa shape index (κ3) is 2.56. The largest absolute Gasteiger partial charge is 0.399 e. The van der Waals surface area contributed by atoms with Crippen LogP contribution in [0.2, 0.25) is 0 Å². The van der Waals surface area contributed by atoms with Crippen LogP contribution in [0.5, 0.6) is 0 Å². The predicted octanol–water partition coefficient (Wildman–Crippen LogP) is 2.85. The van der Waals surface area contributed by atoms with Gasteiger partial charge >= 0.3 is 0 Å². The van der Waals surface area contributed by atoms with Gasteiger partial charge in [0, 0.05) is 5.56 Å². The fourth-order valence-electron chi connectivity index (χ4n) is 2.26. The van der Waals surface area contributed by atoms with Crippen LogP contribution in [0.3, 0.4) is 0 Å². The minimum absolute atomic E-state index is 0.519. The van der Waals surface area contributed by atoms with Gasteiger partial charge in [0.2, 0.25) is 0 Å². The number of aromatic nitrogens is 2. The molecule has 0 saturated heterocycles. The minimum Gasteiger partial charge on any atom is -0.399 e. The summed E-state index contributed by atoms with van der Waals surface area (Å²) in [5.41, 5.74) is 9.48. The van der Waals surface area contributed by atoms with Gasteiger partial charge < -0.3 is 10.6 Å². The van der Waals surface area contributed by atoms with Gasteiger partial charge in [-0.25, -0.2) is 4.68 Å². The van der Waals surface area contributed by atoms with Crippen molar-refractivity contribution in [2.45, 2.75) is 0 Å². The van der Waals surface area contributed by atoms with E-state index in [0.717, 1.165) is 16.8 Å². The van der Waals surface area contributed by atoms with E-state index < -0.39 is 0 Å². The van der Waals surface area contributed by atoms with Gasteiger partial charge in [-0.05, 0) is 12.1 Å². The highest BCUT2D eigenvalue weighted by Gasteiger charge is 2.16. The fraction of sp³-hybridized carbons (Fsp3) is 0.0588. The second-order valence-electron chi connectivity index (χ2n) is 4.68. The van der Waals surface area contributed by atoms with Gasteiger partial charge in [-0.2, -0.15) is 5.10 Å². The summed E-state index contributed by atoms with van der Waals surface area (Å²) in [5.74, 6) is 0.519. The molecular formula is C17H16N4O. The fourth-order valence-corrected chi connectivity index (χ4v) is 2.26. The monoisotopic (exact) mass is 292 g/mol. The Morgan fingerprint density at radius 1 is 1.05 bits per heavy atom. The van der Waals surface area contributed by atoms with Crippen molar-refractivity contribution in [1.29, 1.82) is 0 Å². The lowest BCUT2D eigenvalue weighted by Crippen LogP contribution is -2.08. The summed E-state index contributed by atoms with van der Waals surface area (Å²) >= 11 is 0. The van der Waals surface area contributed by atoms with Gasteiger partial charge in [-0.1, -0.05) is 53.7 Å². The molecule has 0 spiro atoms. The van der Waals surface area contributed by atoms with E-state index >= 15 is 0 Å². The highest BCUT2D eigenvalue weighted by Crippen LogP contribution is 2.21. The number of nitrogens with zero attached hydrogens (tertiary/aromatic N) is 3. The Morgan fingerprint density at radius 3 is 2.32 bits per heavy atom. The zero-order valence-electron chi connectivity index (χ0n) is 12.2. The van der Waals surface area contributed by atoms with E-state index in [1.165, 1.54) is 7.11 Å². The van der Waals surface area contributed by atoms with Crippen molar-refractivity contribution in [2.75, 3.05) is 12.8 Å². The van der Waals surface area contributed by atoms with Crippen molar-refractivity contribution in [3.8, 4) is 5.69 Å². The second kappa shape index (κ2) is 6.13. The Morgan fingerprint density at radius 2 is 1.68 bits per heavy atom. The van der Waals surface area contributed by atoms with E-state index in [1.54, 1.807) is 10.9 Å². The van der Waals surface area contributed by atoms with Gasteiger partial charge in [0.05, 0.1) is 17.4 Å². The van der Waals surface area contributed by atoms with Gasteiger partial charge in [-0.15, -0.1) is 0 Å². The van der Waals surface area contributed by atoms with E-state index in [-0.39, 0.29) is 0 Å². The number of rotatable bonds is 4. The SMILES string of the molecule is CO/N=C(/c1ccccc1)c1cnn(-c2ccccc2)c1N. The Bertz CT molecular complexity index is 779. The average molecular weight is 292 g/mol. The van der Waals surface area contributed by atoms with Crippen LogP contribution in [-0.4, -0.2) is 22.6 Å². The van der Waals surface area contributed by atoms with Crippen LogP contribution in [0.25, 0.3) is 5.69 Å². The van der Waals surface area contributed by atoms with Crippen LogP contribution in [0.15, 0.2) is 72.0 Å². The molecule has 3 aromatic rings. The van der Waals surface area contributed by atoms with E-state index in [1.807, 2.05) is 60.7 Å². The molecule has 1 heterocycles. The molecule has 2 N–H and O–H groups in total. The molecule has 0 fully saturated rings. The average Bonchev–Trinajstić information content (AvgIpc) is 2.96. The quantitative estimate of drug-likeness (QED) is 0.594. The first kappa shape index (κ1) is 13.9. The van der Waals surface area contributed by atoms with E-state index in [9.17, 15) is 0 Å². The van der Waals surface area contributed by atoms with Crippen LogP contribution >= 0.6 is 0 Å². The normalized spacial score (nSPS) is 11.4. The van der Waals surface area contributed by atoms with Crippen molar-refractivity contribution in [3.05, 3.63) is 78.0 Å². The molecule has 0 aliphatic carbocycles. The number of benzene rings is 2. The Balaban J connectivity index is 2.08. The zero-order chi connectivity index (χ0) is 15.4. The number of nitrogens with two attached hydrogens (primary N) is 1. The Hall–Kier alpha value is -3.08. The molecule has 110 valence electrons. The van der Waals surface area contributed by atoms with Gasteiger partial charge in [0.25, 0.3) is 0 Å². The van der Waals surface area contributed by atoms with Crippen LogP contribution in [-0.2, 0) is 4.84 Å². The smallest absolute Gasteiger partial charge is 0.136 e. The summed E-state index contributed by atoms with van der Waals surface area (Å²) in [6.45, 7) is 0. The lowest BCUT2D eigenvalue weighted by Gasteiger charge is -2.07. The molecule has 5 heteroatoms. The number of nitrogen functional groups attached to an aromatic ring is 1. The van der Waals surface area contributed by atoms with E-state index in [0.29, 0.717) is 11.5 Å². The Labute approximate surface area is 128 Å². The van der Waals surface area contributed by atoms with Crippen LogP contribution in [0.4, 0.5) is 5.82 Å². The molecule has 0 saturated carbocycles. The van der Waals surface area contributed by atoms with Gasteiger partial charge in [0.15, 0.2) is 0 Å². The molecule has 0 atom stereocenters. The molecule has 0 aliphatic heterocycles. The standard InChI is InChI=1S/C17H16N4O/c1-22-20-16(13-8-4-2-5-9-13)15-12-19-21(17(15)18)14-10-6-3-7-11-14/h2-12H,18H2,1H3/b20-16-. The maximum atomic E-state index is 6.27. The van der Waals surface area contributed by atoms with Gasteiger partial charge in [-0.3, -0.25) is 0 Å². The lowest BCUT2D eigenvalue weighted by molar-refractivity contribution is 0.214. The molecule has 0 amide bonds. The molecule has 0 unspecified atom stereocenters. The molecule has 3 rings (SSSR count). The van der Waals surface area contributed by atoms with Crippen molar-refractivity contribution in [3.63, 3.8) is 0 Å². The summed E-state index contributed by atoms with van der Waals surface area (Å²) in [5, 5.41) is 8.49. The first-order valence-electron chi connectivity index (χ1n) is 6.87. The molecule has 2 aromatic carbocycles. The predicted molar refractivity (Wildman–Crippen MR) is 87.1 cm³/mol. The number of hydrogen-bond acceptors (Lipinski definition) is 4. The summed E-state index contributed by atoms with van der Waals surface area (Å²) in [6.07, 6.45) is 1.70. The summed E-state index contributed by atoms with van der Waals surface area (Å²) in [6, 6.07) is 19.5. The molecule has 5 nitrogen and oxygen atoms in total. The molecule has 0 radical (unpaired) electrons. The number of oxime groups is 1. The van der Waals surface area contributed by atoms with Crippen LogP contribution in [0, 0.1) is 0 Å². The molecular weight excluding hydrogens is 276 g/mol. The van der Waals surface area contributed by atoms with Crippen molar-refractivity contribution < 1.29 is 4.84 Å². The van der Waals surface area contributed by atoms with Crippen LogP contribution < -0.4 is 5.73 Å². The summed E-state index contributed by atoms with van der Waals surface area (Å²) < 4.78 is 1.68. The van der Waals surface area contributed by atoms with Crippen LogP contribution in [0.1, 0.15) is 11.1 Å². The van der Waals surface area contributed by atoms with E-state index in [4.69, 9.17) is 10.6 Å². The van der Waals surface area contributed by atoms with Crippen molar-refractivity contribution >= 4 is 11.5 Å². The second-order valence-corrected chi connectivity index (χ2v) is 4.68. The number of para-hydroxylation sites is 1. The maximum absolute atomic E-state index is 6.27.